The van der Waals surface area contributed by atoms with Gasteiger partial charge in [0.15, 0.2) is 5.82 Å². The number of carbonyl (C=O) groups excluding carboxylic acids is 1. The Morgan fingerprint density at radius 1 is 1.27 bits per heavy atom. The zero-order valence-electron chi connectivity index (χ0n) is 19.7. The molecule has 2 aromatic heterocycles. The second-order valence-electron chi connectivity index (χ2n) is 8.82. The number of nitrogens with zero attached hydrogens (tertiary/aromatic N) is 4. The van der Waals surface area contributed by atoms with Crippen LogP contribution >= 0.6 is 0 Å². The maximum absolute atomic E-state index is 13.2. The standard InChI is InChI=1S/C23H30FN7O2/c1-14(13-33-6)25-22(27-21(32)18-12-19(23(2,3)4)30-31(18)5)26-20-11-17(28-29-20)15-7-9-16(24)10-8-15/h7-12,14H,13H2,1-6H3,(H3,25,26,27,28,29,32)/t14-/m0/s1. The van der Waals surface area contributed by atoms with Crippen molar-refractivity contribution in [2.45, 2.75) is 39.2 Å². The summed E-state index contributed by atoms with van der Waals surface area (Å²) in [7, 11) is 3.31. The number of hydrogen-bond acceptors (Lipinski definition) is 5. The molecule has 2 heterocycles. The Hall–Kier alpha value is -3.53. The molecule has 0 bridgehead atoms. The maximum Gasteiger partial charge on any atom is 0.276 e. The van der Waals surface area contributed by atoms with Crippen molar-refractivity contribution in [3.05, 3.63) is 53.6 Å². The number of carbonyl (C=O) groups is 1. The molecule has 1 atom stereocenters. The quantitative estimate of drug-likeness (QED) is 0.389. The molecule has 3 aromatic rings. The van der Waals surface area contributed by atoms with Crippen molar-refractivity contribution in [2.24, 2.45) is 12.0 Å². The van der Waals surface area contributed by atoms with Crippen molar-refractivity contribution in [3.63, 3.8) is 0 Å². The molecule has 0 saturated heterocycles. The van der Waals surface area contributed by atoms with E-state index in [9.17, 15) is 9.18 Å². The number of guanidine groups is 1. The second kappa shape index (κ2) is 9.95. The van der Waals surface area contributed by atoms with Crippen LogP contribution < -0.4 is 10.6 Å². The predicted molar refractivity (Wildman–Crippen MR) is 126 cm³/mol. The zero-order chi connectivity index (χ0) is 24.2. The highest BCUT2D eigenvalue weighted by atomic mass is 19.1. The molecule has 10 heteroatoms. The number of aromatic nitrogens is 4. The summed E-state index contributed by atoms with van der Waals surface area (Å²) in [5.41, 5.74) is 2.49. The molecule has 0 unspecified atom stereocenters. The van der Waals surface area contributed by atoms with Crippen LogP contribution in [0.25, 0.3) is 11.3 Å². The minimum Gasteiger partial charge on any atom is -0.382 e. The summed E-state index contributed by atoms with van der Waals surface area (Å²) in [6.45, 7) is 8.35. The lowest BCUT2D eigenvalue weighted by atomic mass is 9.92. The van der Waals surface area contributed by atoms with Gasteiger partial charge in [-0.2, -0.15) is 10.2 Å². The number of rotatable bonds is 6. The number of anilines is 1. The average molecular weight is 456 g/mol. The summed E-state index contributed by atoms with van der Waals surface area (Å²) in [6.07, 6.45) is 0. The van der Waals surface area contributed by atoms with Crippen molar-refractivity contribution in [1.29, 1.82) is 0 Å². The van der Waals surface area contributed by atoms with Crippen LogP contribution in [-0.2, 0) is 17.2 Å². The molecule has 0 spiro atoms. The largest absolute Gasteiger partial charge is 0.382 e. The van der Waals surface area contributed by atoms with Gasteiger partial charge in [0.05, 0.1) is 24.0 Å². The molecule has 3 N–H and O–H groups in total. The Labute approximate surface area is 192 Å². The van der Waals surface area contributed by atoms with E-state index in [0.717, 1.165) is 11.3 Å². The smallest absolute Gasteiger partial charge is 0.276 e. The van der Waals surface area contributed by atoms with Gasteiger partial charge in [0.2, 0.25) is 5.96 Å². The number of halogens is 1. The number of hydrogen-bond donors (Lipinski definition) is 3. The lowest BCUT2D eigenvalue weighted by Crippen LogP contribution is -2.38. The molecular weight excluding hydrogens is 425 g/mol. The third kappa shape index (κ3) is 6.26. The summed E-state index contributed by atoms with van der Waals surface area (Å²) in [4.78, 5) is 17.5. The summed E-state index contributed by atoms with van der Waals surface area (Å²) in [5, 5.41) is 17.4. The highest BCUT2D eigenvalue weighted by Crippen LogP contribution is 2.22. The number of methoxy groups -OCH3 is 1. The van der Waals surface area contributed by atoms with Crippen LogP contribution in [0.3, 0.4) is 0 Å². The van der Waals surface area contributed by atoms with E-state index in [1.165, 1.54) is 12.1 Å². The van der Waals surface area contributed by atoms with E-state index in [-0.39, 0.29) is 29.1 Å². The van der Waals surface area contributed by atoms with Gasteiger partial charge in [0.25, 0.3) is 5.91 Å². The Morgan fingerprint density at radius 3 is 2.58 bits per heavy atom. The summed E-state index contributed by atoms with van der Waals surface area (Å²) in [5.74, 6) is -0.00471. The first kappa shape index (κ1) is 24.1. The molecule has 0 fully saturated rings. The summed E-state index contributed by atoms with van der Waals surface area (Å²) >= 11 is 0. The van der Waals surface area contributed by atoms with Gasteiger partial charge >= 0.3 is 0 Å². The van der Waals surface area contributed by atoms with E-state index in [1.807, 2.05) is 27.7 Å². The van der Waals surface area contributed by atoms with Crippen LogP contribution in [0.1, 0.15) is 43.9 Å². The van der Waals surface area contributed by atoms with Crippen LogP contribution in [-0.4, -0.2) is 51.6 Å². The van der Waals surface area contributed by atoms with Gasteiger partial charge in [-0.15, -0.1) is 0 Å². The fourth-order valence-corrected chi connectivity index (χ4v) is 3.10. The Bertz CT molecular complexity index is 1130. The van der Waals surface area contributed by atoms with Crippen LogP contribution in [0.2, 0.25) is 0 Å². The van der Waals surface area contributed by atoms with E-state index in [4.69, 9.17) is 4.74 Å². The predicted octanol–water partition coefficient (Wildman–Crippen LogP) is 3.48. The molecule has 0 radical (unpaired) electrons. The Morgan fingerprint density at radius 2 is 1.97 bits per heavy atom. The minimum absolute atomic E-state index is 0.190. The van der Waals surface area contributed by atoms with Crippen molar-refractivity contribution >= 4 is 17.7 Å². The maximum atomic E-state index is 13.2. The highest BCUT2D eigenvalue weighted by Gasteiger charge is 2.22. The van der Waals surface area contributed by atoms with Crippen molar-refractivity contribution in [2.75, 3.05) is 19.0 Å². The average Bonchev–Trinajstić information content (AvgIpc) is 3.35. The van der Waals surface area contributed by atoms with E-state index in [0.29, 0.717) is 23.8 Å². The molecule has 1 aromatic carbocycles. The van der Waals surface area contributed by atoms with Gasteiger partial charge in [-0.05, 0) is 42.8 Å². The van der Waals surface area contributed by atoms with E-state index < -0.39 is 0 Å². The summed E-state index contributed by atoms with van der Waals surface area (Å²) in [6, 6.07) is 9.36. The fraction of sp³-hybridized carbons (Fsp3) is 0.391. The molecule has 33 heavy (non-hydrogen) atoms. The third-order valence-corrected chi connectivity index (χ3v) is 4.85. The zero-order valence-corrected chi connectivity index (χ0v) is 19.7. The molecule has 3 rings (SSSR count). The second-order valence-corrected chi connectivity index (χ2v) is 8.82. The van der Waals surface area contributed by atoms with Gasteiger partial charge < -0.3 is 10.1 Å². The SMILES string of the molecule is COC[C@H](C)N=C(NC(=O)c1cc(C(C)(C)C)nn1C)Nc1cc(-c2ccc(F)cc2)[nH]n1. The number of H-pyrrole nitrogens is 1. The fourth-order valence-electron chi connectivity index (χ4n) is 3.10. The van der Waals surface area contributed by atoms with Gasteiger partial charge in [-0.1, -0.05) is 20.8 Å². The number of benzene rings is 1. The van der Waals surface area contributed by atoms with E-state index >= 15 is 0 Å². The van der Waals surface area contributed by atoms with Crippen molar-refractivity contribution in [1.82, 2.24) is 25.3 Å². The van der Waals surface area contributed by atoms with Gasteiger partial charge in [0, 0.05) is 25.6 Å². The number of nitrogens with one attached hydrogen (secondary N) is 3. The lowest BCUT2D eigenvalue weighted by molar-refractivity contribution is 0.0967. The van der Waals surface area contributed by atoms with Gasteiger partial charge in [-0.3, -0.25) is 19.9 Å². The molecule has 1 amide bonds. The first-order chi connectivity index (χ1) is 15.6. The molecule has 176 valence electrons. The number of ether oxygens (including phenoxy) is 1. The van der Waals surface area contributed by atoms with Crippen LogP contribution in [0.4, 0.5) is 10.2 Å². The number of aryl methyl sites for hydroxylation is 1. The van der Waals surface area contributed by atoms with E-state index in [2.05, 4.69) is 30.9 Å². The van der Waals surface area contributed by atoms with Crippen LogP contribution in [0.15, 0.2) is 41.4 Å². The molecule has 9 nitrogen and oxygen atoms in total. The summed E-state index contributed by atoms with van der Waals surface area (Å²) < 4.78 is 19.9. The number of aliphatic imine (C=N–C) groups is 1. The molecule has 0 aliphatic rings. The number of amides is 1. The van der Waals surface area contributed by atoms with E-state index in [1.54, 1.807) is 43.1 Å². The minimum atomic E-state index is -0.356. The van der Waals surface area contributed by atoms with Crippen molar-refractivity contribution < 1.29 is 13.9 Å². The normalized spacial score (nSPS) is 13.1. The topological polar surface area (TPSA) is 109 Å². The molecule has 0 aliphatic heterocycles. The monoisotopic (exact) mass is 455 g/mol. The first-order valence-corrected chi connectivity index (χ1v) is 10.6. The third-order valence-electron chi connectivity index (χ3n) is 4.85. The lowest BCUT2D eigenvalue weighted by Gasteiger charge is -2.13. The molecular formula is C23H30FN7O2. The van der Waals surface area contributed by atoms with Crippen molar-refractivity contribution in [3.8, 4) is 11.3 Å². The van der Waals surface area contributed by atoms with Gasteiger partial charge in [-0.25, -0.2) is 9.38 Å². The molecule has 0 aliphatic carbocycles. The van der Waals surface area contributed by atoms with Crippen LogP contribution in [0, 0.1) is 5.82 Å². The number of aromatic amines is 1. The van der Waals surface area contributed by atoms with Crippen LogP contribution in [0.5, 0.6) is 0 Å². The highest BCUT2D eigenvalue weighted by molar-refractivity contribution is 6.09. The van der Waals surface area contributed by atoms with Gasteiger partial charge in [0.1, 0.15) is 11.5 Å². The molecule has 0 saturated carbocycles. The Kier molecular flexibility index (Phi) is 7.27. The first-order valence-electron chi connectivity index (χ1n) is 10.6. The Balaban J connectivity index is 1.82.